The van der Waals surface area contributed by atoms with Crippen molar-refractivity contribution in [3.63, 3.8) is 0 Å². The maximum absolute atomic E-state index is 11.7. The van der Waals surface area contributed by atoms with Crippen molar-refractivity contribution in [2.75, 3.05) is 13.7 Å². The number of methoxy groups -OCH3 is 1. The van der Waals surface area contributed by atoms with E-state index in [1.165, 1.54) is 7.11 Å². The summed E-state index contributed by atoms with van der Waals surface area (Å²) in [5.74, 6) is -0.264. The van der Waals surface area contributed by atoms with Crippen molar-refractivity contribution in [2.45, 2.75) is 38.1 Å². The highest BCUT2D eigenvalue weighted by Gasteiger charge is 2.29. The molecule has 0 aromatic heterocycles. The summed E-state index contributed by atoms with van der Waals surface area (Å²) in [6.45, 7) is 0.511. The first-order chi connectivity index (χ1) is 7.65. The molecule has 3 N–H and O–H groups in total. The fourth-order valence-corrected chi connectivity index (χ4v) is 1.99. The predicted molar refractivity (Wildman–Crippen MR) is 59.6 cm³/mol. The summed E-state index contributed by atoms with van der Waals surface area (Å²) in [4.78, 5) is 22.5. The lowest BCUT2D eigenvalue weighted by Gasteiger charge is -2.14. The SMILES string of the molecule is COC(=O)CCCNC(=O)C1CCCC1N. The molecule has 92 valence electrons. The van der Waals surface area contributed by atoms with E-state index < -0.39 is 0 Å². The lowest BCUT2D eigenvalue weighted by atomic mass is 10.0. The molecule has 0 aromatic carbocycles. The van der Waals surface area contributed by atoms with Gasteiger partial charge in [0.15, 0.2) is 0 Å². The van der Waals surface area contributed by atoms with Gasteiger partial charge in [-0.3, -0.25) is 9.59 Å². The standard InChI is InChI=1S/C11H20N2O3/c1-16-10(14)6-3-7-13-11(15)8-4-2-5-9(8)12/h8-9H,2-7,12H2,1H3,(H,13,15). The molecular formula is C11H20N2O3. The summed E-state index contributed by atoms with van der Waals surface area (Å²) in [7, 11) is 1.36. The molecule has 1 aliphatic carbocycles. The van der Waals surface area contributed by atoms with Gasteiger partial charge in [-0.2, -0.15) is 0 Å². The maximum atomic E-state index is 11.7. The Morgan fingerprint density at radius 2 is 2.19 bits per heavy atom. The van der Waals surface area contributed by atoms with E-state index in [-0.39, 0.29) is 23.8 Å². The fraction of sp³-hybridized carbons (Fsp3) is 0.818. The van der Waals surface area contributed by atoms with Gasteiger partial charge in [0.05, 0.1) is 13.0 Å². The number of amides is 1. The minimum atomic E-state index is -0.244. The summed E-state index contributed by atoms with van der Waals surface area (Å²) < 4.78 is 4.50. The largest absolute Gasteiger partial charge is 0.469 e. The van der Waals surface area contributed by atoms with E-state index >= 15 is 0 Å². The van der Waals surface area contributed by atoms with Gasteiger partial charge in [-0.05, 0) is 19.3 Å². The van der Waals surface area contributed by atoms with Crippen LogP contribution in [-0.2, 0) is 14.3 Å². The molecular weight excluding hydrogens is 208 g/mol. The van der Waals surface area contributed by atoms with Gasteiger partial charge in [-0.25, -0.2) is 0 Å². The zero-order valence-electron chi connectivity index (χ0n) is 9.70. The maximum Gasteiger partial charge on any atom is 0.305 e. The average molecular weight is 228 g/mol. The molecule has 16 heavy (non-hydrogen) atoms. The lowest BCUT2D eigenvalue weighted by Crippen LogP contribution is -2.39. The minimum absolute atomic E-state index is 0.000562. The van der Waals surface area contributed by atoms with E-state index in [4.69, 9.17) is 5.73 Å². The van der Waals surface area contributed by atoms with Crippen LogP contribution in [0.3, 0.4) is 0 Å². The Morgan fingerprint density at radius 1 is 1.44 bits per heavy atom. The Labute approximate surface area is 95.7 Å². The number of carbonyl (C=O) groups is 2. The second kappa shape index (κ2) is 6.48. The molecule has 1 amide bonds. The zero-order chi connectivity index (χ0) is 12.0. The highest BCUT2D eigenvalue weighted by atomic mass is 16.5. The number of esters is 1. The second-order valence-electron chi connectivity index (χ2n) is 4.17. The van der Waals surface area contributed by atoms with E-state index in [1.54, 1.807) is 0 Å². The Kier molecular flexibility index (Phi) is 5.25. The molecule has 0 saturated heterocycles. The molecule has 1 aliphatic rings. The minimum Gasteiger partial charge on any atom is -0.469 e. The van der Waals surface area contributed by atoms with Gasteiger partial charge >= 0.3 is 5.97 Å². The van der Waals surface area contributed by atoms with Gasteiger partial charge in [-0.15, -0.1) is 0 Å². The third-order valence-electron chi connectivity index (χ3n) is 2.99. The van der Waals surface area contributed by atoms with E-state index in [2.05, 4.69) is 10.1 Å². The highest BCUT2D eigenvalue weighted by Crippen LogP contribution is 2.23. The summed E-state index contributed by atoms with van der Waals surface area (Å²) in [6.07, 6.45) is 3.79. The normalized spacial score (nSPS) is 24.1. The van der Waals surface area contributed by atoms with E-state index in [0.717, 1.165) is 19.3 Å². The fourth-order valence-electron chi connectivity index (χ4n) is 1.99. The quantitative estimate of drug-likeness (QED) is 0.519. The number of hydrogen-bond donors (Lipinski definition) is 2. The second-order valence-corrected chi connectivity index (χ2v) is 4.17. The van der Waals surface area contributed by atoms with Crippen LogP contribution in [0.15, 0.2) is 0 Å². The molecule has 5 heteroatoms. The van der Waals surface area contributed by atoms with Gasteiger partial charge in [0.25, 0.3) is 0 Å². The molecule has 0 heterocycles. The molecule has 0 aromatic rings. The number of ether oxygens (including phenoxy) is 1. The van der Waals surface area contributed by atoms with Crippen LogP contribution < -0.4 is 11.1 Å². The van der Waals surface area contributed by atoms with Crippen LogP contribution in [0.1, 0.15) is 32.1 Å². The lowest BCUT2D eigenvalue weighted by molar-refractivity contribution is -0.140. The molecule has 1 saturated carbocycles. The molecule has 0 spiro atoms. The van der Waals surface area contributed by atoms with E-state index in [1.807, 2.05) is 0 Å². The van der Waals surface area contributed by atoms with Crippen LogP contribution in [0, 0.1) is 5.92 Å². The van der Waals surface area contributed by atoms with Gasteiger partial charge < -0.3 is 15.8 Å². The average Bonchev–Trinajstić information content (AvgIpc) is 2.70. The number of rotatable bonds is 5. The van der Waals surface area contributed by atoms with Crippen LogP contribution in [0.2, 0.25) is 0 Å². The molecule has 2 atom stereocenters. The summed E-state index contributed by atoms with van der Waals surface area (Å²) >= 11 is 0. The first-order valence-electron chi connectivity index (χ1n) is 5.75. The van der Waals surface area contributed by atoms with Crippen molar-refractivity contribution in [3.8, 4) is 0 Å². The molecule has 2 unspecified atom stereocenters. The zero-order valence-corrected chi connectivity index (χ0v) is 9.70. The summed E-state index contributed by atoms with van der Waals surface area (Å²) in [5.41, 5.74) is 5.82. The number of hydrogen-bond acceptors (Lipinski definition) is 4. The Morgan fingerprint density at radius 3 is 2.75 bits per heavy atom. The summed E-state index contributed by atoms with van der Waals surface area (Å²) in [5, 5.41) is 2.81. The first-order valence-corrected chi connectivity index (χ1v) is 5.75. The molecule has 5 nitrogen and oxygen atoms in total. The Bertz CT molecular complexity index is 256. The number of nitrogens with two attached hydrogens (primary N) is 1. The van der Waals surface area contributed by atoms with Gasteiger partial charge in [0.2, 0.25) is 5.91 Å². The van der Waals surface area contributed by atoms with Crippen LogP contribution in [0.4, 0.5) is 0 Å². The van der Waals surface area contributed by atoms with Crippen molar-refractivity contribution >= 4 is 11.9 Å². The monoisotopic (exact) mass is 228 g/mol. The third-order valence-corrected chi connectivity index (χ3v) is 2.99. The molecule has 0 bridgehead atoms. The highest BCUT2D eigenvalue weighted by molar-refractivity contribution is 5.79. The van der Waals surface area contributed by atoms with Crippen LogP contribution in [0.5, 0.6) is 0 Å². The molecule has 1 rings (SSSR count). The number of nitrogens with one attached hydrogen (secondary N) is 1. The van der Waals surface area contributed by atoms with Crippen molar-refractivity contribution < 1.29 is 14.3 Å². The van der Waals surface area contributed by atoms with Gasteiger partial charge in [-0.1, -0.05) is 6.42 Å². The number of carbonyl (C=O) groups excluding carboxylic acids is 2. The van der Waals surface area contributed by atoms with Crippen molar-refractivity contribution in [1.29, 1.82) is 0 Å². The van der Waals surface area contributed by atoms with Crippen LogP contribution in [0.25, 0.3) is 0 Å². The van der Waals surface area contributed by atoms with E-state index in [0.29, 0.717) is 19.4 Å². The van der Waals surface area contributed by atoms with Crippen LogP contribution in [-0.4, -0.2) is 31.6 Å². The molecule has 1 fully saturated rings. The van der Waals surface area contributed by atoms with E-state index in [9.17, 15) is 9.59 Å². The van der Waals surface area contributed by atoms with Crippen molar-refractivity contribution in [1.82, 2.24) is 5.32 Å². The van der Waals surface area contributed by atoms with Crippen molar-refractivity contribution in [3.05, 3.63) is 0 Å². The Balaban J connectivity index is 2.13. The molecule has 0 radical (unpaired) electrons. The predicted octanol–water partition coefficient (Wildman–Crippen LogP) is 0.183. The van der Waals surface area contributed by atoms with Gasteiger partial charge in [0, 0.05) is 19.0 Å². The van der Waals surface area contributed by atoms with Gasteiger partial charge in [0.1, 0.15) is 0 Å². The molecule has 0 aliphatic heterocycles. The van der Waals surface area contributed by atoms with Crippen LogP contribution >= 0.6 is 0 Å². The Hall–Kier alpha value is -1.10. The summed E-state index contributed by atoms with van der Waals surface area (Å²) in [6, 6.07) is 0.000562. The smallest absolute Gasteiger partial charge is 0.305 e. The topological polar surface area (TPSA) is 81.4 Å². The first kappa shape index (κ1) is 13.0. The third kappa shape index (κ3) is 3.81. The van der Waals surface area contributed by atoms with Crippen molar-refractivity contribution in [2.24, 2.45) is 11.7 Å².